The van der Waals surface area contributed by atoms with Gasteiger partial charge in [0.1, 0.15) is 7.85 Å². The molecule has 0 N–H and O–H groups in total. The molecule has 0 fully saturated rings. The zero-order valence-corrected chi connectivity index (χ0v) is 11.3. The minimum Gasteiger partial charge on any atom is -0.311 e. The standard InChI is InChI=1S/C11H15BNO3P/c1-11(8-13,17(14,15-2)16-3)9-4-6-10(12)7-5-9/h4-7H,12H2,1-3H3. The molecule has 0 radical (unpaired) electrons. The summed E-state index contributed by atoms with van der Waals surface area (Å²) < 4.78 is 22.3. The Balaban J connectivity index is 3.36. The molecule has 0 heterocycles. The Morgan fingerprint density at radius 1 is 1.29 bits per heavy atom. The molecule has 0 saturated heterocycles. The van der Waals surface area contributed by atoms with Crippen LogP contribution >= 0.6 is 7.60 Å². The fourth-order valence-corrected chi connectivity index (χ4v) is 3.07. The number of benzene rings is 1. The van der Waals surface area contributed by atoms with Crippen molar-refractivity contribution in [2.75, 3.05) is 14.2 Å². The molecule has 1 atom stereocenters. The molecule has 90 valence electrons. The van der Waals surface area contributed by atoms with Crippen molar-refractivity contribution >= 4 is 20.9 Å². The molecule has 6 heteroatoms. The minimum absolute atomic E-state index is 0.623. The van der Waals surface area contributed by atoms with Gasteiger partial charge in [0.25, 0.3) is 0 Å². The van der Waals surface area contributed by atoms with Gasteiger partial charge in [0.15, 0.2) is 5.16 Å². The average molecular weight is 251 g/mol. The van der Waals surface area contributed by atoms with Crippen LogP contribution in [0.25, 0.3) is 0 Å². The normalized spacial score (nSPS) is 14.9. The van der Waals surface area contributed by atoms with Gasteiger partial charge in [-0.1, -0.05) is 29.7 Å². The maximum absolute atomic E-state index is 12.4. The van der Waals surface area contributed by atoms with Crippen LogP contribution in [0.1, 0.15) is 12.5 Å². The Hall–Kier alpha value is -1.08. The summed E-state index contributed by atoms with van der Waals surface area (Å²) >= 11 is 0. The first-order chi connectivity index (χ1) is 7.93. The third-order valence-electron chi connectivity index (χ3n) is 2.86. The van der Waals surface area contributed by atoms with Crippen LogP contribution in [0.2, 0.25) is 0 Å². The Bertz CT molecular complexity index is 474. The first-order valence-electron chi connectivity index (χ1n) is 5.13. The molecule has 0 amide bonds. The molecule has 0 aliphatic carbocycles. The van der Waals surface area contributed by atoms with E-state index in [9.17, 15) is 9.83 Å². The van der Waals surface area contributed by atoms with E-state index >= 15 is 0 Å². The van der Waals surface area contributed by atoms with Crippen LogP contribution in [-0.4, -0.2) is 22.1 Å². The van der Waals surface area contributed by atoms with E-state index in [1.807, 2.05) is 26.0 Å². The van der Waals surface area contributed by atoms with Gasteiger partial charge >= 0.3 is 7.60 Å². The van der Waals surface area contributed by atoms with Crippen LogP contribution < -0.4 is 5.46 Å². The van der Waals surface area contributed by atoms with Crippen molar-refractivity contribution in [2.24, 2.45) is 0 Å². The van der Waals surface area contributed by atoms with Gasteiger partial charge < -0.3 is 9.05 Å². The lowest BCUT2D eigenvalue weighted by Gasteiger charge is -2.28. The lowest BCUT2D eigenvalue weighted by molar-refractivity contribution is 0.258. The zero-order valence-electron chi connectivity index (χ0n) is 10.4. The third kappa shape index (κ3) is 2.30. The van der Waals surface area contributed by atoms with Crippen molar-refractivity contribution in [3.8, 4) is 6.07 Å². The van der Waals surface area contributed by atoms with Gasteiger partial charge in [-0.3, -0.25) is 4.57 Å². The van der Waals surface area contributed by atoms with Crippen molar-refractivity contribution in [3.63, 3.8) is 0 Å². The van der Waals surface area contributed by atoms with Gasteiger partial charge in [0.05, 0.1) is 6.07 Å². The second kappa shape index (κ2) is 5.06. The second-order valence-corrected chi connectivity index (χ2v) is 6.53. The number of rotatable bonds is 4. The molecular formula is C11H15BNO3P. The highest BCUT2D eigenvalue weighted by atomic mass is 31.2. The fraction of sp³-hybridized carbons (Fsp3) is 0.364. The summed E-state index contributed by atoms with van der Waals surface area (Å²) in [5.74, 6) is 0. The zero-order chi connectivity index (χ0) is 13.1. The highest BCUT2D eigenvalue weighted by molar-refractivity contribution is 7.55. The van der Waals surface area contributed by atoms with E-state index in [4.69, 9.17) is 9.05 Å². The quantitative estimate of drug-likeness (QED) is 0.595. The van der Waals surface area contributed by atoms with Gasteiger partial charge in [-0.2, -0.15) is 5.26 Å². The summed E-state index contributed by atoms with van der Waals surface area (Å²) in [6.07, 6.45) is 0. The Labute approximate surface area is 102 Å². The summed E-state index contributed by atoms with van der Waals surface area (Å²) in [6.45, 7) is 1.56. The predicted molar refractivity (Wildman–Crippen MR) is 69.2 cm³/mol. The lowest BCUT2D eigenvalue weighted by atomic mass is 9.92. The van der Waals surface area contributed by atoms with E-state index in [0.717, 1.165) is 5.46 Å². The Morgan fingerprint density at radius 2 is 1.76 bits per heavy atom. The molecule has 0 saturated carbocycles. The van der Waals surface area contributed by atoms with Crippen molar-refractivity contribution in [2.45, 2.75) is 12.1 Å². The Morgan fingerprint density at radius 3 is 2.12 bits per heavy atom. The highest BCUT2D eigenvalue weighted by Gasteiger charge is 2.48. The smallest absolute Gasteiger partial charge is 0.311 e. The number of nitrogens with zero attached hydrogens (tertiary/aromatic N) is 1. The van der Waals surface area contributed by atoms with E-state index in [-0.39, 0.29) is 0 Å². The molecule has 1 rings (SSSR count). The molecule has 4 nitrogen and oxygen atoms in total. The van der Waals surface area contributed by atoms with Crippen LogP contribution in [0.3, 0.4) is 0 Å². The van der Waals surface area contributed by atoms with Crippen LogP contribution in [0.15, 0.2) is 24.3 Å². The van der Waals surface area contributed by atoms with Gasteiger partial charge in [0, 0.05) is 14.2 Å². The molecule has 0 spiro atoms. The number of hydrogen-bond donors (Lipinski definition) is 0. The summed E-state index contributed by atoms with van der Waals surface area (Å²) in [4.78, 5) is 0. The van der Waals surface area contributed by atoms with Crippen LogP contribution in [0.5, 0.6) is 0 Å². The summed E-state index contributed by atoms with van der Waals surface area (Å²) in [5, 5.41) is 8.02. The Kier molecular flexibility index (Phi) is 4.16. The molecule has 1 aromatic carbocycles. The van der Waals surface area contributed by atoms with E-state index in [2.05, 4.69) is 0 Å². The average Bonchev–Trinajstić information content (AvgIpc) is 2.37. The van der Waals surface area contributed by atoms with Gasteiger partial charge in [-0.15, -0.1) is 0 Å². The maximum Gasteiger partial charge on any atom is 0.354 e. The fourth-order valence-electron chi connectivity index (χ4n) is 1.60. The van der Waals surface area contributed by atoms with E-state index in [0.29, 0.717) is 5.56 Å². The molecule has 0 bridgehead atoms. The van der Waals surface area contributed by atoms with Gasteiger partial charge in [0.2, 0.25) is 0 Å². The van der Waals surface area contributed by atoms with Crippen molar-refractivity contribution in [3.05, 3.63) is 29.8 Å². The predicted octanol–water partition coefficient (Wildman–Crippen LogP) is 1.17. The maximum atomic E-state index is 12.4. The summed E-state index contributed by atoms with van der Waals surface area (Å²) in [6, 6.07) is 9.30. The number of hydrogen-bond acceptors (Lipinski definition) is 4. The van der Waals surface area contributed by atoms with Crippen LogP contribution in [0.4, 0.5) is 0 Å². The SMILES string of the molecule is Bc1ccc(C(C)(C#N)P(=O)(OC)OC)cc1. The topological polar surface area (TPSA) is 59.3 Å². The van der Waals surface area contributed by atoms with Gasteiger partial charge in [-0.25, -0.2) is 0 Å². The first-order valence-corrected chi connectivity index (χ1v) is 6.68. The molecule has 0 aliphatic rings. The van der Waals surface area contributed by atoms with Crippen LogP contribution in [0, 0.1) is 11.3 Å². The van der Waals surface area contributed by atoms with E-state index in [1.165, 1.54) is 14.2 Å². The minimum atomic E-state index is -3.50. The molecule has 17 heavy (non-hydrogen) atoms. The molecular weight excluding hydrogens is 236 g/mol. The van der Waals surface area contributed by atoms with Crippen molar-refractivity contribution < 1.29 is 13.6 Å². The lowest BCUT2D eigenvalue weighted by Crippen LogP contribution is -2.22. The summed E-state index contributed by atoms with van der Waals surface area (Å²) in [7, 11) is 1.01. The monoisotopic (exact) mass is 251 g/mol. The van der Waals surface area contributed by atoms with Crippen LogP contribution in [-0.2, 0) is 18.8 Å². The summed E-state index contributed by atoms with van der Waals surface area (Å²) in [5.41, 5.74) is 1.69. The van der Waals surface area contributed by atoms with Gasteiger partial charge in [-0.05, 0) is 12.5 Å². The van der Waals surface area contributed by atoms with Crippen molar-refractivity contribution in [1.82, 2.24) is 0 Å². The highest BCUT2D eigenvalue weighted by Crippen LogP contribution is 2.63. The largest absolute Gasteiger partial charge is 0.354 e. The molecule has 1 aromatic rings. The second-order valence-electron chi connectivity index (χ2n) is 3.91. The molecule has 0 aliphatic heterocycles. The third-order valence-corrected chi connectivity index (χ3v) is 5.27. The molecule has 0 aromatic heterocycles. The van der Waals surface area contributed by atoms with E-state index < -0.39 is 12.8 Å². The number of nitriles is 1. The first kappa shape index (κ1) is 14.0. The van der Waals surface area contributed by atoms with Crippen molar-refractivity contribution in [1.29, 1.82) is 5.26 Å². The van der Waals surface area contributed by atoms with E-state index in [1.54, 1.807) is 19.1 Å². The molecule has 1 unspecified atom stereocenters.